The zero-order chi connectivity index (χ0) is 19.8. The van der Waals surface area contributed by atoms with Crippen molar-refractivity contribution >= 4 is 11.6 Å². The van der Waals surface area contributed by atoms with E-state index in [2.05, 4.69) is 15.4 Å². The fourth-order valence-corrected chi connectivity index (χ4v) is 2.50. The molecule has 0 fully saturated rings. The summed E-state index contributed by atoms with van der Waals surface area (Å²) < 4.78 is 79.7. The van der Waals surface area contributed by atoms with Crippen molar-refractivity contribution in [2.24, 2.45) is 0 Å². The van der Waals surface area contributed by atoms with Crippen molar-refractivity contribution in [3.05, 3.63) is 59.7 Å². The topological polar surface area (TPSA) is 50.4 Å². The number of benzene rings is 2. The predicted octanol–water partition coefficient (Wildman–Crippen LogP) is 4.41. The van der Waals surface area contributed by atoms with Gasteiger partial charge in [-0.2, -0.15) is 22.0 Å². The van der Waals surface area contributed by atoms with Gasteiger partial charge in [0.05, 0.1) is 5.56 Å². The number of para-hydroxylation sites is 1. The number of carbonyl (C=O) groups excluding carboxylic acids is 1. The van der Waals surface area contributed by atoms with Crippen molar-refractivity contribution in [2.75, 3.05) is 5.32 Å². The van der Waals surface area contributed by atoms with Gasteiger partial charge in [-0.1, -0.05) is 24.3 Å². The number of hydrogen-bond donors (Lipinski definition) is 2. The summed E-state index contributed by atoms with van der Waals surface area (Å²) in [6, 6.07) is 11.1. The molecule has 144 valence electrons. The lowest BCUT2D eigenvalue weighted by atomic mass is 10.1. The van der Waals surface area contributed by atoms with E-state index in [0.29, 0.717) is 16.8 Å². The van der Waals surface area contributed by atoms with Crippen LogP contribution in [0.25, 0.3) is 0 Å². The molecule has 1 aliphatic rings. The first kappa shape index (κ1) is 18.9. The van der Waals surface area contributed by atoms with Crippen molar-refractivity contribution in [3.63, 3.8) is 0 Å². The molecule has 0 unspecified atom stereocenters. The molecule has 4 nitrogen and oxygen atoms in total. The van der Waals surface area contributed by atoms with E-state index in [-0.39, 0.29) is 5.91 Å². The standard InChI is InChI=1S/C17H12F6N2O2/c18-15(16(19,20)21)17(22,23)27-10-7-5-9(6-8-10)13-24-12-4-2-1-3-11(12)14(26)25-13/h1-8,13,15,24H,(H,25,26)/t13-,15+/m1/s1. The van der Waals surface area contributed by atoms with Gasteiger partial charge in [0.1, 0.15) is 11.9 Å². The van der Waals surface area contributed by atoms with E-state index in [1.54, 1.807) is 24.3 Å². The molecule has 2 aromatic rings. The van der Waals surface area contributed by atoms with Crippen LogP contribution in [0.2, 0.25) is 0 Å². The molecular formula is C17H12F6N2O2. The zero-order valence-corrected chi connectivity index (χ0v) is 13.4. The summed E-state index contributed by atoms with van der Waals surface area (Å²) in [4.78, 5) is 12.1. The van der Waals surface area contributed by atoms with Gasteiger partial charge in [-0.05, 0) is 29.8 Å². The summed E-state index contributed by atoms with van der Waals surface area (Å²) in [5.74, 6) is -1.01. The number of nitrogens with one attached hydrogen (secondary N) is 2. The maximum absolute atomic E-state index is 13.3. The van der Waals surface area contributed by atoms with E-state index >= 15 is 0 Å². The first-order valence-electron chi connectivity index (χ1n) is 7.62. The van der Waals surface area contributed by atoms with Gasteiger partial charge in [-0.3, -0.25) is 4.79 Å². The maximum Gasteiger partial charge on any atom is 0.439 e. The molecule has 1 amide bonds. The molecule has 0 bridgehead atoms. The Kier molecular flexibility index (Phi) is 4.66. The van der Waals surface area contributed by atoms with Crippen LogP contribution >= 0.6 is 0 Å². The third-order valence-electron chi connectivity index (χ3n) is 3.80. The number of fused-ring (bicyclic) bond motifs is 1. The number of halogens is 6. The SMILES string of the molecule is O=C1N[C@H](c2ccc(OC(F)(F)[C@@H](F)C(F)(F)F)cc2)Nc2ccccc21. The molecular weight excluding hydrogens is 378 g/mol. The lowest BCUT2D eigenvalue weighted by molar-refractivity contribution is -0.304. The minimum atomic E-state index is -5.76. The highest BCUT2D eigenvalue weighted by molar-refractivity contribution is 6.01. The third kappa shape index (κ3) is 3.93. The Morgan fingerprint density at radius 3 is 2.19 bits per heavy atom. The van der Waals surface area contributed by atoms with Crippen molar-refractivity contribution in [2.45, 2.75) is 24.6 Å². The highest BCUT2D eigenvalue weighted by Gasteiger charge is 2.59. The van der Waals surface area contributed by atoms with Crippen LogP contribution in [0, 0.1) is 0 Å². The molecule has 2 aromatic carbocycles. The first-order valence-corrected chi connectivity index (χ1v) is 7.62. The number of rotatable bonds is 4. The maximum atomic E-state index is 13.3. The smallest absolute Gasteiger partial charge is 0.430 e. The molecule has 1 aliphatic heterocycles. The number of hydrogen-bond acceptors (Lipinski definition) is 3. The summed E-state index contributed by atoms with van der Waals surface area (Å²) in [5.41, 5.74) is 1.42. The Balaban J connectivity index is 1.74. The number of amides is 1. The number of alkyl halides is 6. The largest absolute Gasteiger partial charge is 0.439 e. The second-order valence-corrected chi connectivity index (χ2v) is 5.73. The van der Waals surface area contributed by atoms with E-state index in [0.717, 1.165) is 12.1 Å². The highest BCUT2D eigenvalue weighted by atomic mass is 19.4. The first-order chi connectivity index (χ1) is 12.6. The van der Waals surface area contributed by atoms with Gasteiger partial charge >= 0.3 is 12.3 Å². The Labute approximate surface area is 149 Å². The minimum Gasteiger partial charge on any atom is -0.430 e. The highest BCUT2D eigenvalue weighted by Crippen LogP contribution is 2.37. The van der Waals surface area contributed by atoms with E-state index in [1.165, 1.54) is 12.1 Å². The lowest BCUT2D eigenvalue weighted by Crippen LogP contribution is -2.45. The van der Waals surface area contributed by atoms with Crippen LogP contribution in [-0.4, -0.2) is 24.4 Å². The third-order valence-corrected chi connectivity index (χ3v) is 3.80. The molecule has 2 N–H and O–H groups in total. The minimum absolute atomic E-state index is 0.355. The summed E-state index contributed by atoms with van der Waals surface area (Å²) in [6.45, 7) is 0. The number of carbonyl (C=O) groups is 1. The normalized spacial score (nSPS) is 18.1. The molecule has 0 saturated heterocycles. The van der Waals surface area contributed by atoms with Crippen LogP contribution in [-0.2, 0) is 0 Å². The van der Waals surface area contributed by atoms with Gasteiger partial charge in [0.15, 0.2) is 0 Å². The van der Waals surface area contributed by atoms with Crippen LogP contribution in [0.1, 0.15) is 22.1 Å². The van der Waals surface area contributed by atoms with Gasteiger partial charge in [0.2, 0.25) is 0 Å². The second kappa shape index (κ2) is 6.67. The Morgan fingerprint density at radius 2 is 1.56 bits per heavy atom. The predicted molar refractivity (Wildman–Crippen MR) is 83.2 cm³/mol. The molecule has 0 radical (unpaired) electrons. The Bertz CT molecular complexity index is 838. The zero-order valence-electron chi connectivity index (χ0n) is 13.4. The quantitative estimate of drug-likeness (QED) is 0.761. The average molecular weight is 390 g/mol. The van der Waals surface area contributed by atoms with Gasteiger partial charge in [-0.15, -0.1) is 0 Å². The van der Waals surface area contributed by atoms with Gasteiger partial charge < -0.3 is 15.4 Å². The van der Waals surface area contributed by atoms with Crippen molar-refractivity contribution in [3.8, 4) is 5.75 Å². The van der Waals surface area contributed by atoms with E-state index in [9.17, 15) is 31.1 Å². The number of ether oxygens (including phenoxy) is 1. The summed E-state index contributed by atoms with van der Waals surface area (Å²) in [7, 11) is 0. The van der Waals surface area contributed by atoms with Crippen molar-refractivity contribution < 1.29 is 35.9 Å². The molecule has 0 aromatic heterocycles. The average Bonchev–Trinajstić information content (AvgIpc) is 2.60. The van der Waals surface area contributed by atoms with Crippen LogP contribution in [0.4, 0.5) is 32.0 Å². The molecule has 1 heterocycles. The molecule has 27 heavy (non-hydrogen) atoms. The summed E-state index contributed by atoms with van der Waals surface area (Å²) >= 11 is 0. The second-order valence-electron chi connectivity index (χ2n) is 5.73. The van der Waals surface area contributed by atoms with Crippen molar-refractivity contribution in [1.82, 2.24) is 5.32 Å². The fourth-order valence-electron chi connectivity index (χ4n) is 2.50. The Hall–Kier alpha value is -2.91. The van der Waals surface area contributed by atoms with Crippen LogP contribution in [0.3, 0.4) is 0 Å². The molecule has 3 rings (SSSR count). The van der Waals surface area contributed by atoms with E-state index < -0.39 is 30.4 Å². The van der Waals surface area contributed by atoms with Crippen LogP contribution < -0.4 is 15.4 Å². The lowest BCUT2D eigenvalue weighted by Gasteiger charge is -2.28. The fraction of sp³-hybridized carbons (Fsp3) is 0.235. The molecule has 0 aliphatic carbocycles. The summed E-state index contributed by atoms with van der Waals surface area (Å²) in [6.07, 6.45) is -16.0. The van der Waals surface area contributed by atoms with Crippen molar-refractivity contribution in [1.29, 1.82) is 0 Å². The molecule has 0 spiro atoms. The molecule has 2 atom stereocenters. The van der Waals surface area contributed by atoms with Crippen LogP contribution in [0.5, 0.6) is 5.75 Å². The van der Waals surface area contributed by atoms with Gasteiger partial charge in [0, 0.05) is 5.69 Å². The monoisotopic (exact) mass is 390 g/mol. The van der Waals surface area contributed by atoms with E-state index in [4.69, 9.17) is 0 Å². The summed E-state index contributed by atoms with van der Waals surface area (Å²) in [5, 5.41) is 5.67. The van der Waals surface area contributed by atoms with E-state index in [1.807, 2.05) is 0 Å². The molecule has 10 heteroatoms. The van der Waals surface area contributed by atoms with Crippen LogP contribution in [0.15, 0.2) is 48.5 Å². The van der Waals surface area contributed by atoms with Gasteiger partial charge in [0.25, 0.3) is 12.1 Å². The molecule has 0 saturated carbocycles. The number of anilines is 1. The Morgan fingerprint density at radius 1 is 0.926 bits per heavy atom. The van der Waals surface area contributed by atoms with Gasteiger partial charge in [-0.25, -0.2) is 4.39 Å².